The predicted octanol–water partition coefficient (Wildman–Crippen LogP) is 3.52. The molecule has 0 saturated heterocycles. The molecule has 0 bridgehead atoms. The zero-order chi connectivity index (χ0) is 14.8. The summed E-state index contributed by atoms with van der Waals surface area (Å²) in [6.07, 6.45) is 0.780. The smallest absolute Gasteiger partial charge is 0.245 e. The summed E-state index contributed by atoms with van der Waals surface area (Å²) >= 11 is 1.70. The lowest BCUT2D eigenvalue weighted by Crippen LogP contribution is -2.45. The highest BCUT2D eigenvalue weighted by molar-refractivity contribution is 7.09. The van der Waals surface area contributed by atoms with Crippen LogP contribution < -0.4 is 5.32 Å². The first-order chi connectivity index (χ1) is 10.1. The first-order valence-corrected chi connectivity index (χ1v) is 8.20. The molecule has 4 heteroatoms. The number of nitrogens with one attached hydrogen (secondary N) is 1. The topological polar surface area (TPSA) is 32.3 Å². The van der Waals surface area contributed by atoms with E-state index in [1.54, 1.807) is 11.3 Å². The monoisotopic (exact) mass is 300 g/mol. The third-order valence-corrected chi connectivity index (χ3v) is 4.74. The van der Waals surface area contributed by atoms with Crippen LogP contribution in [-0.2, 0) is 17.8 Å². The Bertz CT molecular complexity index is 596. The fourth-order valence-corrected chi connectivity index (χ4v) is 3.44. The van der Waals surface area contributed by atoms with Crippen molar-refractivity contribution >= 4 is 22.9 Å². The largest absolute Gasteiger partial charge is 0.373 e. The van der Waals surface area contributed by atoms with Crippen LogP contribution in [0.1, 0.15) is 24.3 Å². The molecule has 3 rings (SSSR count). The van der Waals surface area contributed by atoms with Crippen LogP contribution in [0.25, 0.3) is 0 Å². The third-order valence-electron chi connectivity index (χ3n) is 3.88. The molecule has 1 aliphatic heterocycles. The third kappa shape index (κ3) is 2.95. The quantitative estimate of drug-likeness (QED) is 0.937. The summed E-state index contributed by atoms with van der Waals surface area (Å²) in [5.74, 6) is 0.189. The van der Waals surface area contributed by atoms with Crippen LogP contribution in [-0.4, -0.2) is 22.9 Å². The molecule has 0 saturated carbocycles. The SMILES string of the molecule is CC(C)N(Cc1cccs1)C(=O)C1Cc2ccccc2N1. The molecule has 2 heterocycles. The van der Waals surface area contributed by atoms with Gasteiger partial charge < -0.3 is 10.2 Å². The highest BCUT2D eigenvalue weighted by atomic mass is 32.1. The minimum atomic E-state index is -0.134. The summed E-state index contributed by atoms with van der Waals surface area (Å²) < 4.78 is 0. The zero-order valence-corrected chi connectivity index (χ0v) is 13.2. The number of amides is 1. The van der Waals surface area contributed by atoms with E-state index in [4.69, 9.17) is 0 Å². The molecule has 1 aromatic heterocycles. The van der Waals surface area contributed by atoms with E-state index in [1.807, 2.05) is 29.2 Å². The van der Waals surface area contributed by atoms with Crippen LogP contribution in [0.15, 0.2) is 41.8 Å². The van der Waals surface area contributed by atoms with E-state index in [9.17, 15) is 4.79 Å². The van der Waals surface area contributed by atoms with Gasteiger partial charge in [0.2, 0.25) is 5.91 Å². The molecule has 21 heavy (non-hydrogen) atoms. The lowest BCUT2D eigenvalue weighted by molar-refractivity contribution is -0.134. The average Bonchev–Trinajstić information content (AvgIpc) is 3.12. The van der Waals surface area contributed by atoms with Gasteiger partial charge >= 0.3 is 0 Å². The Hall–Kier alpha value is -1.81. The van der Waals surface area contributed by atoms with E-state index in [2.05, 4.69) is 36.7 Å². The molecule has 0 spiro atoms. The maximum Gasteiger partial charge on any atom is 0.245 e. The Morgan fingerprint density at radius 2 is 2.14 bits per heavy atom. The van der Waals surface area contributed by atoms with E-state index >= 15 is 0 Å². The summed E-state index contributed by atoms with van der Waals surface area (Å²) in [4.78, 5) is 16.0. The minimum absolute atomic E-state index is 0.134. The van der Waals surface area contributed by atoms with Gasteiger partial charge in [0.25, 0.3) is 0 Å². The molecule has 3 nitrogen and oxygen atoms in total. The molecule has 1 aromatic carbocycles. The molecule has 2 aromatic rings. The number of carbonyl (C=O) groups is 1. The number of fused-ring (bicyclic) bond motifs is 1. The van der Waals surface area contributed by atoms with Crippen LogP contribution in [0, 0.1) is 0 Å². The molecule has 1 unspecified atom stereocenters. The standard InChI is InChI=1S/C17H20N2OS/c1-12(2)19(11-14-7-5-9-21-14)17(20)16-10-13-6-3-4-8-15(13)18-16/h3-9,12,16,18H,10-11H2,1-2H3. The molecule has 0 radical (unpaired) electrons. The van der Waals surface area contributed by atoms with E-state index in [0.29, 0.717) is 6.54 Å². The fraction of sp³-hybridized carbons (Fsp3) is 0.353. The molecule has 1 amide bonds. The van der Waals surface area contributed by atoms with Crippen LogP contribution in [0.5, 0.6) is 0 Å². The minimum Gasteiger partial charge on any atom is -0.373 e. The highest BCUT2D eigenvalue weighted by Gasteiger charge is 2.31. The number of nitrogens with zero attached hydrogens (tertiary/aromatic N) is 1. The Morgan fingerprint density at radius 3 is 2.81 bits per heavy atom. The summed E-state index contributed by atoms with van der Waals surface area (Å²) in [5.41, 5.74) is 2.33. The van der Waals surface area contributed by atoms with Gasteiger partial charge in [-0.25, -0.2) is 0 Å². The van der Waals surface area contributed by atoms with Crippen LogP contribution >= 0.6 is 11.3 Å². The number of hydrogen-bond donors (Lipinski definition) is 1. The van der Waals surface area contributed by atoms with Crippen LogP contribution in [0.4, 0.5) is 5.69 Å². The van der Waals surface area contributed by atoms with Gasteiger partial charge in [0.1, 0.15) is 6.04 Å². The van der Waals surface area contributed by atoms with E-state index < -0.39 is 0 Å². The van der Waals surface area contributed by atoms with Crippen LogP contribution in [0.2, 0.25) is 0 Å². The summed E-state index contributed by atoms with van der Waals surface area (Å²) in [6.45, 7) is 4.85. The number of thiophene rings is 1. The lowest BCUT2D eigenvalue weighted by Gasteiger charge is -2.29. The molecule has 1 aliphatic rings. The lowest BCUT2D eigenvalue weighted by atomic mass is 10.1. The van der Waals surface area contributed by atoms with Crippen molar-refractivity contribution in [2.45, 2.75) is 38.9 Å². The average molecular weight is 300 g/mol. The van der Waals surface area contributed by atoms with Gasteiger partial charge in [0, 0.05) is 23.0 Å². The van der Waals surface area contributed by atoms with Crippen molar-refractivity contribution in [3.63, 3.8) is 0 Å². The number of benzene rings is 1. The fourth-order valence-electron chi connectivity index (χ4n) is 2.73. The zero-order valence-electron chi connectivity index (χ0n) is 12.4. The van der Waals surface area contributed by atoms with Crippen LogP contribution in [0.3, 0.4) is 0 Å². The second-order valence-electron chi connectivity index (χ2n) is 5.70. The van der Waals surface area contributed by atoms with Crippen molar-refractivity contribution in [2.24, 2.45) is 0 Å². The molecule has 0 fully saturated rings. The normalized spacial score (nSPS) is 16.6. The number of hydrogen-bond acceptors (Lipinski definition) is 3. The van der Waals surface area contributed by atoms with Crippen molar-refractivity contribution < 1.29 is 4.79 Å². The second-order valence-corrected chi connectivity index (χ2v) is 6.73. The molecule has 110 valence electrons. The van der Waals surface area contributed by atoms with Gasteiger partial charge in [-0.2, -0.15) is 0 Å². The van der Waals surface area contributed by atoms with Gasteiger partial charge in [0.05, 0.1) is 6.54 Å². The number of rotatable bonds is 4. The summed E-state index contributed by atoms with van der Waals surface area (Å²) in [7, 11) is 0. The van der Waals surface area contributed by atoms with Gasteiger partial charge in [0.15, 0.2) is 0 Å². The van der Waals surface area contributed by atoms with E-state index in [1.165, 1.54) is 10.4 Å². The first kappa shape index (κ1) is 14.1. The van der Waals surface area contributed by atoms with E-state index in [0.717, 1.165) is 12.1 Å². The molecular formula is C17H20N2OS. The Kier molecular flexibility index (Phi) is 3.97. The van der Waals surface area contributed by atoms with Crippen molar-refractivity contribution in [2.75, 3.05) is 5.32 Å². The van der Waals surface area contributed by atoms with Gasteiger partial charge in [-0.3, -0.25) is 4.79 Å². The molecule has 1 N–H and O–H groups in total. The van der Waals surface area contributed by atoms with Crippen molar-refractivity contribution in [1.29, 1.82) is 0 Å². The van der Waals surface area contributed by atoms with Crippen molar-refractivity contribution in [3.8, 4) is 0 Å². The molecular weight excluding hydrogens is 280 g/mol. The van der Waals surface area contributed by atoms with Crippen molar-refractivity contribution in [3.05, 3.63) is 52.2 Å². The van der Waals surface area contributed by atoms with Crippen molar-refractivity contribution in [1.82, 2.24) is 4.90 Å². The Morgan fingerprint density at radius 1 is 1.33 bits per heavy atom. The number of para-hydroxylation sites is 1. The number of carbonyl (C=O) groups excluding carboxylic acids is 1. The first-order valence-electron chi connectivity index (χ1n) is 7.32. The van der Waals surface area contributed by atoms with Gasteiger partial charge in [-0.1, -0.05) is 24.3 Å². The van der Waals surface area contributed by atoms with Gasteiger partial charge in [-0.05, 0) is 36.9 Å². The molecule has 0 aliphatic carbocycles. The molecule has 1 atom stereocenters. The Balaban J connectivity index is 1.74. The summed E-state index contributed by atoms with van der Waals surface area (Å²) in [6, 6.07) is 12.4. The second kappa shape index (κ2) is 5.90. The summed E-state index contributed by atoms with van der Waals surface area (Å²) in [5, 5.41) is 5.42. The van der Waals surface area contributed by atoms with E-state index in [-0.39, 0.29) is 18.0 Å². The highest BCUT2D eigenvalue weighted by Crippen LogP contribution is 2.27. The Labute approximate surface area is 129 Å². The number of anilines is 1. The van der Waals surface area contributed by atoms with Gasteiger partial charge in [-0.15, -0.1) is 11.3 Å². The maximum absolute atomic E-state index is 12.8. The predicted molar refractivity (Wildman–Crippen MR) is 87.6 cm³/mol. The maximum atomic E-state index is 12.8.